The molecule has 4 atom stereocenters. The number of allylic oxidation sites excluding steroid dienone is 2. The Morgan fingerprint density at radius 1 is 1.20 bits per heavy atom. The molecule has 0 spiro atoms. The van der Waals surface area contributed by atoms with Gasteiger partial charge in [-0.1, -0.05) is 12.2 Å². The fraction of sp³-hybridized carbons (Fsp3) is 0.543. The lowest BCUT2D eigenvalue weighted by Crippen LogP contribution is -2.49. The maximum atomic E-state index is 13.7. The number of pyridine rings is 1. The van der Waals surface area contributed by atoms with Gasteiger partial charge < -0.3 is 25.0 Å². The molecule has 10 nitrogen and oxygen atoms in total. The van der Waals surface area contributed by atoms with Crippen molar-refractivity contribution in [1.29, 1.82) is 0 Å². The molecule has 3 saturated carbocycles. The summed E-state index contributed by atoms with van der Waals surface area (Å²) in [4.78, 5) is 37.3. The van der Waals surface area contributed by atoms with E-state index >= 15 is 0 Å². The molecule has 3 aliphatic rings. The molecule has 0 bridgehead atoms. The highest BCUT2D eigenvalue weighted by Crippen LogP contribution is 2.44. The van der Waals surface area contributed by atoms with Crippen molar-refractivity contribution in [3.8, 4) is 22.3 Å². The highest BCUT2D eigenvalue weighted by atomic mass is 32.1. The Hall–Kier alpha value is -3.54. The van der Waals surface area contributed by atoms with E-state index in [9.17, 15) is 19.8 Å². The smallest absolute Gasteiger partial charge is 0.329 e. The van der Waals surface area contributed by atoms with Crippen molar-refractivity contribution >= 4 is 34.0 Å². The molecule has 2 aromatic heterocycles. The Bertz CT molecular complexity index is 1600. The molecule has 1 amide bonds. The SMILES string of the molecule is C/C=C\CCCCN(C)C(O)[C@@H]1C[C@H](Oc2nc(-c3nc(C4CC4)cs3)cc3cc(OC)ccc23)C[C@H]1C(=O)NC1(C(=O)O)CC1. The normalized spacial score (nSPS) is 22.8. The van der Waals surface area contributed by atoms with Crippen molar-refractivity contribution in [3.05, 3.63) is 47.5 Å². The topological polar surface area (TPSA) is 134 Å². The van der Waals surface area contributed by atoms with E-state index in [1.165, 1.54) is 12.8 Å². The summed E-state index contributed by atoms with van der Waals surface area (Å²) in [6, 6.07) is 7.75. The summed E-state index contributed by atoms with van der Waals surface area (Å²) in [7, 11) is 3.51. The molecule has 1 unspecified atom stereocenters. The number of aliphatic hydroxyl groups excluding tert-OH is 1. The molecule has 246 valence electrons. The number of ether oxygens (including phenoxy) is 2. The molecule has 3 N–H and O–H groups in total. The first-order chi connectivity index (χ1) is 22.2. The van der Waals surface area contributed by atoms with Crippen molar-refractivity contribution in [2.75, 3.05) is 20.7 Å². The number of aliphatic hydroxyl groups is 1. The van der Waals surface area contributed by atoms with E-state index in [4.69, 9.17) is 19.4 Å². The Morgan fingerprint density at radius 2 is 2.00 bits per heavy atom. The predicted molar refractivity (Wildman–Crippen MR) is 177 cm³/mol. The number of unbranched alkanes of at least 4 members (excludes halogenated alkanes) is 2. The number of carbonyl (C=O) groups excluding carboxylic acids is 1. The van der Waals surface area contributed by atoms with Gasteiger partial charge in [0.2, 0.25) is 11.8 Å². The first-order valence-corrected chi connectivity index (χ1v) is 17.3. The number of aliphatic carboxylic acids is 1. The molecule has 3 aliphatic carbocycles. The molecule has 3 fully saturated rings. The van der Waals surface area contributed by atoms with E-state index in [0.29, 0.717) is 49.7 Å². The van der Waals surface area contributed by atoms with Gasteiger partial charge in [-0.15, -0.1) is 11.3 Å². The molecule has 46 heavy (non-hydrogen) atoms. The average molecular weight is 649 g/mol. The summed E-state index contributed by atoms with van der Waals surface area (Å²) < 4.78 is 12.1. The minimum Gasteiger partial charge on any atom is -0.497 e. The second-order valence-electron chi connectivity index (χ2n) is 13.1. The largest absolute Gasteiger partial charge is 0.497 e. The second-order valence-corrected chi connectivity index (χ2v) is 13.9. The van der Waals surface area contributed by atoms with Gasteiger partial charge in [0.05, 0.1) is 12.8 Å². The monoisotopic (exact) mass is 648 g/mol. The first kappa shape index (κ1) is 32.4. The lowest BCUT2D eigenvalue weighted by Gasteiger charge is -2.31. The van der Waals surface area contributed by atoms with Crippen molar-refractivity contribution in [1.82, 2.24) is 20.2 Å². The quantitative estimate of drug-likeness (QED) is 0.107. The van der Waals surface area contributed by atoms with Crippen molar-refractivity contribution in [2.24, 2.45) is 11.8 Å². The van der Waals surface area contributed by atoms with Gasteiger partial charge in [0.15, 0.2) is 0 Å². The van der Waals surface area contributed by atoms with Crippen LogP contribution >= 0.6 is 11.3 Å². The van der Waals surface area contributed by atoms with Crippen LogP contribution in [0.2, 0.25) is 0 Å². The van der Waals surface area contributed by atoms with Gasteiger partial charge >= 0.3 is 5.97 Å². The molecule has 1 aromatic carbocycles. The number of carbonyl (C=O) groups is 2. The maximum absolute atomic E-state index is 13.7. The zero-order chi connectivity index (χ0) is 32.4. The number of aromatic nitrogens is 2. The Morgan fingerprint density at radius 3 is 2.70 bits per heavy atom. The number of nitrogens with zero attached hydrogens (tertiary/aromatic N) is 3. The van der Waals surface area contributed by atoms with Crippen LogP contribution < -0.4 is 14.8 Å². The third-order valence-electron chi connectivity index (χ3n) is 9.65. The van der Waals surface area contributed by atoms with E-state index in [1.54, 1.807) is 18.4 Å². The lowest BCUT2D eigenvalue weighted by molar-refractivity contribution is -0.144. The van der Waals surface area contributed by atoms with E-state index in [-0.39, 0.29) is 5.91 Å². The molecule has 0 radical (unpaired) electrons. The summed E-state index contributed by atoms with van der Waals surface area (Å²) in [5.41, 5.74) is 0.617. The van der Waals surface area contributed by atoms with Gasteiger partial charge in [0.25, 0.3) is 0 Å². The van der Waals surface area contributed by atoms with Crippen LogP contribution in [0.25, 0.3) is 21.5 Å². The molecular weight excluding hydrogens is 604 g/mol. The highest BCUT2D eigenvalue weighted by molar-refractivity contribution is 7.13. The van der Waals surface area contributed by atoms with Crippen LogP contribution in [0.1, 0.15) is 76.3 Å². The van der Waals surface area contributed by atoms with Crippen LogP contribution in [0, 0.1) is 11.8 Å². The number of benzene rings is 1. The molecule has 0 aliphatic heterocycles. The summed E-state index contributed by atoms with van der Waals surface area (Å²) in [5, 5.41) is 28.7. The first-order valence-electron chi connectivity index (χ1n) is 16.4. The van der Waals surface area contributed by atoms with Crippen molar-refractivity contribution in [3.63, 3.8) is 0 Å². The standard InChI is InChI=1S/C35H44N4O6S/c1-4-5-6-7-8-15-39(2)33(41)27-19-24(18-26(27)30(40)38-35(13-14-35)34(42)43)45-31-25-12-11-23(44-3)16-22(25)17-28(36-31)32-37-29(20-46-32)21-9-10-21/h4-5,11-12,16-17,20-21,24,26-27,33,41H,6-10,13-15,18-19H2,1-3H3,(H,38,40)(H,42,43)/b5-4-/t24-,26-,27-,33?/m1/s1. The molecule has 0 saturated heterocycles. The minimum atomic E-state index is -1.21. The minimum absolute atomic E-state index is 0.338. The fourth-order valence-electron chi connectivity index (χ4n) is 6.50. The average Bonchev–Trinajstić information content (AvgIpc) is 3.96. The zero-order valence-electron chi connectivity index (χ0n) is 26.8. The van der Waals surface area contributed by atoms with Crippen LogP contribution in [0.4, 0.5) is 0 Å². The molecule has 2 heterocycles. The van der Waals surface area contributed by atoms with Crippen LogP contribution in [0.15, 0.2) is 41.8 Å². The van der Waals surface area contributed by atoms with Crippen molar-refractivity contribution in [2.45, 2.75) is 88.5 Å². The predicted octanol–water partition coefficient (Wildman–Crippen LogP) is 5.75. The van der Waals surface area contributed by atoms with Crippen LogP contribution in [-0.4, -0.2) is 75.5 Å². The Kier molecular flexibility index (Phi) is 9.63. The maximum Gasteiger partial charge on any atom is 0.329 e. The highest BCUT2D eigenvalue weighted by Gasteiger charge is 2.54. The number of carboxylic acids is 1. The third kappa shape index (κ3) is 7.06. The van der Waals surface area contributed by atoms with Gasteiger partial charge in [-0.2, -0.15) is 0 Å². The van der Waals surface area contributed by atoms with Crippen LogP contribution in [0.3, 0.4) is 0 Å². The number of carboxylic acid groups (broad SMARTS) is 1. The van der Waals surface area contributed by atoms with E-state index < -0.39 is 35.7 Å². The van der Waals surface area contributed by atoms with E-state index in [1.807, 2.05) is 49.2 Å². The third-order valence-corrected chi connectivity index (χ3v) is 10.5. The summed E-state index contributed by atoms with van der Waals surface area (Å²) in [6.45, 7) is 2.69. The number of nitrogens with one attached hydrogen (secondary N) is 1. The van der Waals surface area contributed by atoms with Gasteiger partial charge in [0.1, 0.15) is 34.3 Å². The van der Waals surface area contributed by atoms with Crippen LogP contribution in [0.5, 0.6) is 11.6 Å². The van der Waals surface area contributed by atoms with Gasteiger partial charge in [0, 0.05) is 35.1 Å². The second kappa shape index (κ2) is 13.7. The lowest BCUT2D eigenvalue weighted by atomic mass is 9.92. The number of rotatable bonds is 15. The van der Waals surface area contributed by atoms with Gasteiger partial charge in [-0.3, -0.25) is 9.69 Å². The van der Waals surface area contributed by atoms with Gasteiger partial charge in [-0.05, 0) is 101 Å². The van der Waals surface area contributed by atoms with E-state index in [2.05, 4.69) is 16.8 Å². The number of hydrogen-bond donors (Lipinski definition) is 3. The van der Waals surface area contributed by atoms with Crippen molar-refractivity contribution < 1.29 is 29.3 Å². The van der Waals surface area contributed by atoms with E-state index in [0.717, 1.165) is 46.5 Å². The summed E-state index contributed by atoms with van der Waals surface area (Å²) in [5.74, 6) is -0.718. The van der Waals surface area contributed by atoms with Gasteiger partial charge in [-0.25, -0.2) is 14.8 Å². The number of fused-ring (bicyclic) bond motifs is 1. The molecular formula is C35H44N4O6S. The molecule has 11 heteroatoms. The summed E-state index contributed by atoms with van der Waals surface area (Å²) in [6.07, 6.45) is 9.69. The number of amides is 1. The van der Waals surface area contributed by atoms with Crippen LogP contribution in [-0.2, 0) is 9.59 Å². The zero-order valence-corrected chi connectivity index (χ0v) is 27.6. The summed E-state index contributed by atoms with van der Waals surface area (Å²) >= 11 is 1.57. The molecule has 3 aromatic rings. The number of methoxy groups -OCH3 is 1. The number of hydrogen-bond acceptors (Lipinski definition) is 9. The number of thiazole rings is 1. The fourth-order valence-corrected chi connectivity index (χ4v) is 7.36. The molecule has 6 rings (SSSR count). The Labute approximate surface area is 273 Å². The Balaban J connectivity index is 1.26.